The van der Waals surface area contributed by atoms with Crippen LogP contribution in [0.15, 0.2) is 60.9 Å². The van der Waals surface area contributed by atoms with Gasteiger partial charge in [0, 0.05) is 31.4 Å². The number of nitriles is 1. The number of aromatic nitrogens is 1. The van der Waals surface area contributed by atoms with Gasteiger partial charge >= 0.3 is 0 Å². The Bertz CT molecular complexity index is 1330. The minimum Gasteiger partial charge on any atom is -0.497 e. The van der Waals surface area contributed by atoms with Gasteiger partial charge in [-0.2, -0.15) is 5.26 Å². The molecule has 3 heterocycles. The van der Waals surface area contributed by atoms with Crippen LogP contribution in [0.5, 0.6) is 11.5 Å². The van der Waals surface area contributed by atoms with Crippen LogP contribution >= 0.6 is 0 Å². The normalized spacial score (nSPS) is 16.2. The molecule has 2 aliphatic rings. The van der Waals surface area contributed by atoms with Gasteiger partial charge in [0.1, 0.15) is 23.3 Å². The minimum absolute atomic E-state index is 0.253. The lowest BCUT2D eigenvalue weighted by molar-refractivity contribution is 0.175. The van der Waals surface area contributed by atoms with Gasteiger partial charge in [0.25, 0.3) is 0 Å². The maximum absolute atomic E-state index is 13.5. The molecule has 0 bridgehead atoms. The Morgan fingerprint density at radius 3 is 2.53 bits per heavy atom. The number of hydrogen-bond donors (Lipinski definition) is 0. The molecule has 34 heavy (non-hydrogen) atoms. The Kier molecular flexibility index (Phi) is 5.86. The van der Waals surface area contributed by atoms with Crippen molar-refractivity contribution in [3.05, 3.63) is 72.1 Å². The third kappa shape index (κ3) is 4.06. The summed E-state index contributed by atoms with van der Waals surface area (Å²) in [6, 6.07) is 17.0. The van der Waals surface area contributed by atoms with Gasteiger partial charge in [-0.25, -0.2) is 8.42 Å². The molecule has 0 aliphatic carbocycles. The first kappa shape index (κ1) is 22.2. The van der Waals surface area contributed by atoms with E-state index in [1.807, 2.05) is 36.4 Å². The number of pyridine rings is 1. The molecule has 5 rings (SSSR count). The van der Waals surface area contributed by atoms with Crippen LogP contribution in [0, 0.1) is 11.3 Å². The molecule has 0 radical (unpaired) electrons. The first-order valence-electron chi connectivity index (χ1n) is 11.0. The third-order valence-electron chi connectivity index (χ3n) is 6.23. The highest BCUT2D eigenvalue weighted by molar-refractivity contribution is 7.93. The number of fused-ring (bicyclic) bond motifs is 1. The molecular formula is C25H24N4O4S. The molecule has 1 aromatic heterocycles. The molecule has 1 saturated heterocycles. The van der Waals surface area contributed by atoms with E-state index >= 15 is 0 Å². The van der Waals surface area contributed by atoms with Crippen molar-refractivity contribution < 1.29 is 17.9 Å². The van der Waals surface area contributed by atoms with Crippen molar-refractivity contribution in [2.24, 2.45) is 0 Å². The fourth-order valence-electron chi connectivity index (χ4n) is 4.32. The number of ether oxygens (including phenoxy) is 2. The first-order chi connectivity index (χ1) is 16.5. The SMILES string of the molecule is COc1ccc(CN2CC(S(=O)(=O)N3CCOc4c(-c5ccc(C#N)cc5)cncc43)C2)cc1. The zero-order chi connectivity index (χ0) is 23.7. The van der Waals surface area contributed by atoms with Crippen molar-refractivity contribution in [2.75, 3.05) is 37.7 Å². The lowest BCUT2D eigenvalue weighted by Crippen LogP contribution is -2.58. The van der Waals surface area contributed by atoms with Crippen LogP contribution in [-0.2, 0) is 16.6 Å². The van der Waals surface area contributed by atoms with Gasteiger partial charge in [0.15, 0.2) is 5.75 Å². The average Bonchev–Trinajstić information content (AvgIpc) is 2.85. The number of sulfonamides is 1. The highest BCUT2D eigenvalue weighted by atomic mass is 32.2. The van der Waals surface area contributed by atoms with Crippen LogP contribution in [0.2, 0.25) is 0 Å². The molecule has 0 atom stereocenters. The number of methoxy groups -OCH3 is 1. The van der Waals surface area contributed by atoms with Crippen LogP contribution in [0.3, 0.4) is 0 Å². The lowest BCUT2D eigenvalue weighted by Gasteiger charge is -2.42. The molecule has 2 aliphatic heterocycles. The minimum atomic E-state index is -3.58. The summed E-state index contributed by atoms with van der Waals surface area (Å²) in [7, 11) is -1.94. The highest BCUT2D eigenvalue weighted by Crippen LogP contribution is 2.42. The fraction of sp³-hybridized carbons (Fsp3) is 0.280. The van der Waals surface area contributed by atoms with Crippen molar-refractivity contribution in [3.8, 4) is 28.7 Å². The smallest absolute Gasteiger partial charge is 0.240 e. The fourth-order valence-corrected chi connectivity index (χ4v) is 6.21. The van der Waals surface area contributed by atoms with E-state index in [4.69, 9.17) is 14.7 Å². The molecule has 8 nitrogen and oxygen atoms in total. The maximum Gasteiger partial charge on any atom is 0.240 e. The largest absolute Gasteiger partial charge is 0.497 e. The molecule has 3 aromatic rings. The van der Waals surface area contributed by atoms with E-state index in [9.17, 15) is 8.42 Å². The summed E-state index contributed by atoms with van der Waals surface area (Å²) in [4.78, 5) is 6.42. The van der Waals surface area contributed by atoms with Crippen LogP contribution in [0.1, 0.15) is 11.1 Å². The summed E-state index contributed by atoms with van der Waals surface area (Å²) in [5.74, 6) is 1.30. The van der Waals surface area contributed by atoms with E-state index in [1.54, 1.807) is 31.6 Å². The monoisotopic (exact) mass is 476 g/mol. The lowest BCUT2D eigenvalue weighted by atomic mass is 10.0. The zero-order valence-corrected chi connectivity index (χ0v) is 19.5. The van der Waals surface area contributed by atoms with Crippen molar-refractivity contribution in [3.63, 3.8) is 0 Å². The highest BCUT2D eigenvalue weighted by Gasteiger charge is 2.43. The summed E-state index contributed by atoms with van der Waals surface area (Å²) in [6.45, 7) is 2.16. The quantitative estimate of drug-likeness (QED) is 0.540. The molecule has 0 unspecified atom stereocenters. The van der Waals surface area contributed by atoms with Gasteiger partial charge in [0.2, 0.25) is 10.0 Å². The summed E-state index contributed by atoms with van der Waals surface area (Å²) in [5, 5.41) is 8.57. The van der Waals surface area contributed by atoms with Gasteiger partial charge in [-0.05, 0) is 35.4 Å². The average molecular weight is 477 g/mol. The molecule has 0 N–H and O–H groups in total. The second-order valence-electron chi connectivity index (χ2n) is 8.35. The van der Waals surface area contributed by atoms with Gasteiger partial charge in [-0.3, -0.25) is 14.2 Å². The van der Waals surface area contributed by atoms with Crippen molar-refractivity contribution in [1.82, 2.24) is 9.88 Å². The van der Waals surface area contributed by atoms with Gasteiger partial charge < -0.3 is 9.47 Å². The predicted octanol–water partition coefficient (Wildman–Crippen LogP) is 3.04. The number of benzene rings is 2. The van der Waals surface area contributed by atoms with Crippen LogP contribution in [-0.4, -0.2) is 56.9 Å². The van der Waals surface area contributed by atoms with Crippen LogP contribution in [0.4, 0.5) is 5.69 Å². The molecule has 0 saturated carbocycles. The van der Waals surface area contributed by atoms with Gasteiger partial charge in [0.05, 0.1) is 31.5 Å². The standard InChI is InChI=1S/C25H24N4O4S/c1-32-21-8-4-19(5-9-21)15-28-16-22(17-28)34(30,31)29-10-11-33-25-23(13-27-14-24(25)29)20-6-2-18(12-26)3-7-20/h2-9,13-14,22H,10-11,15-17H2,1H3. The van der Waals surface area contributed by atoms with E-state index < -0.39 is 15.3 Å². The summed E-state index contributed by atoms with van der Waals surface area (Å²) >= 11 is 0. The first-order valence-corrected chi connectivity index (χ1v) is 12.5. The van der Waals surface area contributed by atoms with E-state index in [0.717, 1.165) is 16.9 Å². The molecule has 9 heteroatoms. The van der Waals surface area contributed by atoms with Crippen molar-refractivity contribution in [1.29, 1.82) is 5.26 Å². The van der Waals surface area contributed by atoms with Crippen LogP contribution < -0.4 is 13.8 Å². The number of likely N-dealkylation sites (tertiary alicyclic amines) is 1. The Balaban J connectivity index is 1.33. The molecule has 0 amide bonds. The molecule has 174 valence electrons. The molecule has 0 spiro atoms. The number of nitrogens with zero attached hydrogens (tertiary/aromatic N) is 4. The molecule has 2 aromatic carbocycles. The summed E-state index contributed by atoms with van der Waals surface area (Å²) < 4.78 is 39.6. The topological polar surface area (TPSA) is 95.8 Å². The number of hydrogen-bond acceptors (Lipinski definition) is 7. The van der Waals surface area contributed by atoms with Gasteiger partial charge in [-0.15, -0.1) is 0 Å². The summed E-state index contributed by atoms with van der Waals surface area (Å²) in [6.07, 6.45) is 3.21. The maximum atomic E-state index is 13.5. The Labute approximate surface area is 199 Å². The van der Waals surface area contributed by atoms with Crippen molar-refractivity contribution >= 4 is 15.7 Å². The third-order valence-corrected chi connectivity index (χ3v) is 8.36. The van der Waals surface area contributed by atoms with E-state index in [-0.39, 0.29) is 13.2 Å². The van der Waals surface area contributed by atoms with Crippen molar-refractivity contribution in [2.45, 2.75) is 11.8 Å². The van der Waals surface area contributed by atoms with E-state index in [2.05, 4.69) is 16.0 Å². The van der Waals surface area contributed by atoms with E-state index in [0.29, 0.717) is 42.2 Å². The predicted molar refractivity (Wildman–Crippen MR) is 128 cm³/mol. The molecular weight excluding hydrogens is 452 g/mol. The Hall–Kier alpha value is -3.61. The second kappa shape index (κ2) is 8.97. The van der Waals surface area contributed by atoms with Gasteiger partial charge in [-0.1, -0.05) is 24.3 Å². The Morgan fingerprint density at radius 2 is 1.85 bits per heavy atom. The molecule has 1 fully saturated rings. The number of anilines is 1. The summed E-state index contributed by atoms with van der Waals surface area (Å²) in [5.41, 5.74) is 3.65. The van der Waals surface area contributed by atoms with Crippen LogP contribution in [0.25, 0.3) is 11.1 Å². The zero-order valence-electron chi connectivity index (χ0n) is 18.7. The Morgan fingerprint density at radius 1 is 1.12 bits per heavy atom. The second-order valence-corrected chi connectivity index (χ2v) is 10.5. The van der Waals surface area contributed by atoms with E-state index in [1.165, 1.54) is 4.31 Å². The number of rotatable bonds is 6.